The number of esters is 1. The minimum absolute atomic E-state index is 0.0266. The Morgan fingerprint density at radius 1 is 1.20 bits per heavy atom. The SMILES string of the molecule is COC(=O)CCCCCCNC(=O)c1cc2cc(C(=N)N)ccc2o1. The van der Waals surface area contributed by atoms with E-state index < -0.39 is 0 Å². The van der Waals surface area contributed by atoms with Gasteiger partial charge in [0, 0.05) is 23.9 Å². The maximum absolute atomic E-state index is 12.1. The molecule has 1 amide bonds. The predicted molar refractivity (Wildman–Crippen MR) is 94.7 cm³/mol. The average Bonchev–Trinajstić information content (AvgIpc) is 3.03. The highest BCUT2D eigenvalue weighted by Gasteiger charge is 2.12. The lowest BCUT2D eigenvalue weighted by Crippen LogP contribution is -2.23. The highest BCUT2D eigenvalue weighted by atomic mass is 16.5. The third-order valence-electron chi connectivity index (χ3n) is 3.87. The lowest BCUT2D eigenvalue weighted by molar-refractivity contribution is -0.140. The third-order valence-corrected chi connectivity index (χ3v) is 3.87. The maximum atomic E-state index is 12.1. The summed E-state index contributed by atoms with van der Waals surface area (Å²) in [6.45, 7) is 0.548. The van der Waals surface area contributed by atoms with Crippen LogP contribution in [0.5, 0.6) is 0 Å². The number of carbonyl (C=O) groups is 2. The van der Waals surface area contributed by atoms with Gasteiger partial charge in [-0.2, -0.15) is 0 Å². The van der Waals surface area contributed by atoms with Gasteiger partial charge in [0.25, 0.3) is 5.91 Å². The summed E-state index contributed by atoms with van der Waals surface area (Å²) >= 11 is 0. The lowest BCUT2D eigenvalue weighted by Gasteiger charge is -2.03. The van der Waals surface area contributed by atoms with Gasteiger partial charge in [-0.3, -0.25) is 15.0 Å². The lowest BCUT2D eigenvalue weighted by atomic mass is 10.1. The van der Waals surface area contributed by atoms with Gasteiger partial charge in [0.1, 0.15) is 11.4 Å². The molecular formula is C18H23N3O4. The second kappa shape index (κ2) is 8.86. The van der Waals surface area contributed by atoms with Crippen LogP contribution < -0.4 is 11.1 Å². The number of furan rings is 1. The van der Waals surface area contributed by atoms with Gasteiger partial charge in [0.2, 0.25) is 0 Å². The highest BCUT2D eigenvalue weighted by Crippen LogP contribution is 2.20. The number of hydrogen-bond donors (Lipinski definition) is 3. The predicted octanol–water partition coefficient (Wildman–Crippen LogP) is 2.57. The quantitative estimate of drug-likeness (QED) is 0.279. The number of carbonyl (C=O) groups excluding carboxylic acids is 2. The Morgan fingerprint density at radius 2 is 1.96 bits per heavy atom. The first kappa shape index (κ1) is 18.5. The summed E-state index contributed by atoms with van der Waals surface area (Å²) in [5.74, 6) is -0.246. The third kappa shape index (κ3) is 5.34. The zero-order valence-electron chi connectivity index (χ0n) is 14.3. The first-order chi connectivity index (χ1) is 12.0. The van der Waals surface area contributed by atoms with Crippen LogP contribution in [0, 0.1) is 5.41 Å². The van der Waals surface area contributed by atoms with Crippen molar-refractivity contribution in [2.24, 2.45) is 5.73 Å². The number of fused-ring (bicyclic) bond motifs is 1. The van der Waals surface area contributed by atoms with Crippen molar-refractivity contribution in [1.82, 2.24) is 5.32 Å². The minimum Gasteiger partial charge on any atom is -0.469 e. The van der Waals surface area contributed by atoms with Crippen LogP contribution in [0.4, 0.5) is 0 Å². The van der Waals surface area contributed by atoms with Gasteiger partial charge < -0.3 is 20.2 Å². The Morgan fingerprint density at radius 3 is 2.68 bits per heavy atom. The molecule has 0 saturated carbocycles. The van der Waals surface area contributed by atoms with Crippen molar-refractivity contribution < 1.29 is 18.7 Å². The number of amidine groups is 1. The van der Waals surface area contributed by atoms with E-state index in [1.165, 1.54) is 7.11 Å². The molecule has 0 aliphatic heterocycles. The number of ether oxygens (including phenoxy) is 1. The Labute approximate surface area is 146 Å². The fraction of sp³-hybridized carbons (Fsp3) is 0.389. The van der Waals surface area contributed by atoms with Crippen LogP contribution in [-0.4, -0.2) is 31.4 Å². The standard InChI is InChI=1S/C18H23N3O4/c1-24-16(22)6-4-2-3-5-9-21-18(23)15-11-13-10-12(17(19)20)7-8-14(13)25-15/h7-8,10-11H,2-6,9H2,1H3,(H3,19,20)(H,21,23). The molecule has 0 aliphatic rings. The molecule has 0 bridgehead atoms. The summed E-state index contributed by atoms with van der Waals surface area (Å²) in [7, 11) is 1.39. The van der Waals surface area contributed by atoms with Gasteiger partial charge in [-0.05, 0) is 37.1 Å². The minimum atomic E-state index is -0.268. The molecule has 134 valence electrons. The van der Waals surface area contributed by atoms with Crippen LogP contribution >= 0.6 is 0 Å². The zero-order chi connectivity index (χ0) is 18.2. The van der Waals surface area contributed by atoms with E-state index in [-0.39, 0.29) is 23.5 Å². The van der Waals surface area contributed by atoms with E-state index in [0.717, 1.165) is 31.1 Å². The summed E-state index contributed by atoms with van der Waals surface area (Å²) in [6, 6.07) is 6.75. The number of benzene rings is 1. The van der Waals surface area contributed by atoms with E-state index in [1.54, 1.807) is 24.3 Å². The number of nitrogen functional groups attached to an aromatic ring is 1. The smallest absolute Gasteiger partial charge is 0.305 e. The number of methoxy groups -OCH3 is 1. The van der Waals surface area contributed by atoms with Gasteiger partial charge in [-0.15, -0.1) is 0 Å². The fourth-order valence-electron chi connectivity index (χ4n) is 2.46. The molecule has 0 fully saturated rings. The molecule has 0 radical (unpaired) electrons. The Bertz CT molecular complexity index is 767. The number of rotatable bonds is 9. The van der Waals surface area contributed by atoms with Crippen LogP contribution in [-0.2, 0) is 9.53 Å². The number of unbranched alkanes of at least 4 members (excludes halogenated alkanes) is 3. The summed E-state index contributed by atoms with van der Waals surface area (Å²) in [6.07, 6.45) is 3.91. The molecule has 0 aliphatic carbocycles. The van der Waals surface area contributed by atoms with E-state index in [2.05, 4.69) is 10.1 Å². The van der Waals surface area contributed by atoms with Crippen LogP contribution in [0.15, 0.2) is 28.7 Å². The van der Waals surface area contributed by atoms with Gasteiger partial charge in [0.15, 0.2) is 5.76 Å². The van der Waals surface area contributed by atoms with Crippen molar-refractivity contribution in [2.45, 2.75) is 32.1 Å². The summed E-state index contributed by atoms with van der Waals surface area (Å²) < 4.78 is 10.1. The number of amides is 1. The van der Waals surface area contributed by atoms with E-state index in [1.807, 2.05) is 0 Å². The molecule has 25 heavy (non-hydrogen) atoms. The second-order valence-corrected chi connectivity index (χ2v) is 5.77. The van der Waals surface area contributed by atoms with Crippen molar-refractivity contribution in [3.05, 3.63) is 35.6 Å². The largest absolute Gasteiger partial charge is 0.469 e. The molecule has 2 aromatic rings. The van der Waals surface area contributed by atoms with E-state index >= 15 is 0 Å². The first-order valence-corrected chi connectivity index (χ1v) is 8.24. The number of nitrogens with one attached hydrogen (secondary N) is 2. The summed E-state index contributed by atoms with van der Waals surface area (Å²) in [5.41, 5.74) is 6.63. The molecule has 0 spiro atoms. The van der Waals surface area contributed by atoms with Crippen molar-refractivity contribution >= 4 is 28.7 Å². The maximum Gasteiger partial charge on any atom is 0.305 e. The van der Waals surface area contributed by atoms with E-state index in [9.17, 15) is 9.59 Å². The molecule has 7 heteroatoms. The fourth-order valence-corrected chi connectivity index (χ4v) is 2.46. The monoisotopic (exact) mass is 345 g/mol. The zero-order valence-corrected chi connectivity index (χ0v) is 14.3. The van der Waals surface area contributed by atoms with Gasteiger partial charge in [0.05, 0.1) is 7.11 Å². The van der Waals surface area contributed by atoms with E-state index in [4.69, 9.17) is 15.6 Å². The van der Waals surface area contributed by atoms with Crippen molar-refractivity contribution in [2.75, 3.05) is 13.7 Å². The van der Waals surface area contributed by atoms with Crippen LogP contribution in [0.1, 0.15) is 48.2 Å². The van der Waals surface area contributed by atoms with E-state index in [0.29, 0.717) is 24.1 Å². The van der Waals surface area contributed by atoms with Crippen molar-refractivity contribution in [3.8, 4) is 0 Å². The van der Waals surface area contributed by atoms with Crippen LogP contribution in [0.25, 0.3) is 11.0 Å². The number of hydrogen-bond acceptors (Lipinski definition) is 5. The summed E-state index contributed by atoms with van der Waals surface area (Å²) in [4.78, 5) is 23.1. The normalized spacial score (nSPS) is 10.6. The van der Waals surface area contributed by atoms with Gasteiger partial charge >= 0.3 is 5.97 Å². The van der Waals surface area contributed by atoms with Crippen molar-refractivity contribution in [3.63, 3.8) is 0 Å². The van der Waals surface area contributed by atoms with Gasteiger partial charge in [-0.25, -0.2) is 0 Å². The first-order valence-electron chi connectivity index (χ1n) is 8.24. The van der Waals surface area contributed by atoms with Crippen molar-refractivity contribution in [1.29, 1.82) is 5.41 Å². The Kier molecular flexibility index (Phi) is 6.56. The highest BCUT2D eigenvalue weighted by molar-refractivity contribution is 6.00. The van der Waals surface area contributed by atoms with Crippen LogP contribution in [0.2, 0.25) is 0 Å². The Balaban J connectivity index is 1.76. The number of nitrogens with two attached hydrogens (primary N) is 1. The molecule has 0 saturated heterocycles. The molecule has 4 N–H and O–H groups in total. The topological polar surface area (TPSA) is 118 Å². The molecule has 1 heterocycles. The molecule has 7 nitrogen and oxygen atoms in total. The molecule has 1 aromatic carbocycles. The molecule has 2 rings (SSSR count). The molecule has 1 aromatic heterocycles. The van der Waals surface area contributed by atoms with Gasteiger partial charge in [-0.1, -0.05) is 12.8 Å². The average molecular weight is 345 g/mol. The van der Waals surface area contributed by atoms with Crippen LogP contribution in [0.3, 0.4) is 0 Å². The Hall–Kier alpha value is -2.83. The summed E-state index contributed by atoms with van der Waals surface area (Å²) in [5, 5.41) is 11.0. The molecular weight excluding hydrogens is 322 g/mol. The molecule has 0 unspecified atom stereocenters. The second-order valence-electron chi connectivity index (χ2n) is 5.77. The molecule has 0 atom stereocenters.